The fraction of sp³-hybridized carbons (Fsp3) is 0.0909. The highest BCUT2D eigenvalue weighted by Crippen LogP contribution is 2.30. The Kier molecular flexibility index (Phi) is 6.09. The number of carbonyl (C=O) groups is 2. The first-order valence-electron chi connectivity index (χ1n) is 8.62. The Morgan fingerprint density at radius 1 is 0.897 bits per heavy atom. The first-order chi connectivity index (χ1) is 14.0. The zero-order valence-electron chi connectivity index (χ0n) is 15.8. The van der Waals surface area contributed by atoms with Crippen molar-refractivity contribution >= 4 is 17.6 Å². The number of nitrogens with zero attached hydrogens (tertiary/aromatic N) is 1. The topological polar surface area (TPSA) is 65.1 Å². The molecule has 0 atom stereocenters. The highest BCUT2D eigenvalue weighted by atomic mass is 19.1. The number of halogens is 1. The van der Waals surface area contributed by atoms with E-state index >= 15 is 0 Å². The molecule has 1 aliphatic heterocycles. The van der Waals surface area contributed by atoms with Crippen molar-refractivity contribution in [3.8, 4) is 11.5 Å². The summed E-state index contributed by atoms with van der Waals surface area (Å²) in [6, 6.07) is 12.5. The molecule has 29 heavy (non-hydrogen) atoms. The third-order valence-electron chi connectivity index (χ3n) is 4.03. The molecule has 0 fully saturated rings. The summed E-state index contributed by atoms with van der Waals surface area (Å²) in [6.07, 6.45) is 6.39. The molecule has 0 spiro atoms. The van der Waals surface area contributed by atoms with E-state index in [1.807, 2.05) is 0 Å². The van der Waals surface area contributed by atoms with E-state index in [9.17, 15) is 14.0 Å². The molecule has 2 aromatic rings. The highest BCUT2D eigenvalue weighted by Gasteiger charge is 2.27. The van der Waals surface area contributed by atoms with Gasteiger partial charge in [0.2, 0.25) is 0 Å². The van der Waals surface area contributed by atoms with E-state index in [4.69, 9.17) is 14.2 Å². The lowest BCUT2D eigenvalue weighted by atomic mass is 10.1. The van der Waals surface area contributed by atoms with E-state index < -0.39 is 11.9 Å². The van der Waals surface area contributed by atoms with Crippen molar-refractivity contribution in [1.82, 2.24) is 0 Å². The van der Waals surface area contributed by atoms with Crippen molar-refractivity contribution in [2.24, 2.45) is 0 Å². The number of hydrogen-bond donors (Lipinski definition) is 0. The summed E-state index contributed by atoms with van der Waals surface area (Å²) in [6.45, 7) is 0. The lowest BCUT2D eigenvalue weighted by molar-refractivity contribution is -0.139. The minimum Gasteiger partial charge on any atom is -0.465 e. The van der Waals surface area contributed by atoms with E-state index in [-0.39, 0.29) is 17.1 Å². The summed E-state index contributed by atoms with van der Waals surface area (Å²) >= 11 is 0. The zero-order valence-corrected chi connectivity index (χ0v) is 15.8. The Morgan fingerprint density at radius 3 is 2.31 bits per heavy atom. The summed E-state index contributed by atoms with van der Waals surface area (Å²) in [7, 11) is 2.46. The Labute approximate surface area is 167 Å². The molecule has 148 valence electrons. The van der Waals surface area contributed by atoms with E-state index in [1.54, 1.807) is 42.6 Å². The molecule has 0 aromatic heterocycles. The van der Waals surface area contributed by atoms with Crippen LogP contribution < -0.4 is 9.64 Å². The summed E-state index contributed by atoms with van der Waals surface area (Å²) in [5.41, 5.74) is 0.601. The lowest BCUT2D eigenvalue weighted by Crippen LogP contribution is -2.26. The van der Waals surface area contributed by atoms with Crippen LogP contribution >= 0.6 is 0 Å². The average Bonchev–Trinajstić information content (AvgIpc) is 2.97. The molecule has 0 N–H and O–H groups in total. The fourth-order valence-corrected chi connectivity index (χ4v) is 2.70. The van der Waals surface area contributed by atoms with Crippen molar-refractivity contribution in [2.75, 3.05) is 19.1 Å². The number of benzene rings is 2. The van der Waals surface area contributed by atoms with Crippen LogP contribution in [0.1, 0.15) is 0 Å². The van der Waals surface area contributed by atoms with Gasteiger partial charge in [0.05, 0.1) is 19.8 Å². The molecule has 0 amide bonds. The normalized spacial score (nSPS) is 13.1. The summed E-state index contributed by atoms with van der Waals surface area (Å²) < 4.78 is 28.5. The van der Waals surface area contributed by atoms with Crippen LogP contribution in [0.15, 0.2) is 84.2 Å². The van der Waals surface area contributed by atoms with E-state index in [0.29, 0.717) is 17.2 Å². The molecular weight excluding hydrogens is 377 g/mol. The molecule has 0 radical (unpaired) electrons. The lowest BCUT2D eigenvalue weighted by Gasteiger charge is -2.23. The second-order valence-corrected chi connectivity index (χ2v) is 5.87. The Balaban J connectivity index is 2.02. The van der Waals surface area contributed by atoms with Gasteiger partial charge >= 0.3 is 11.9 Å². The number of rotatable bonds is 5. The van der Waals surface area contributed by atoms with Crippen LogP contribution in [0.4, 0.5) is 10.1 Å². The van der Waals surface area contributed by atoms with Gasteiger partial charge < -0.3 is 19.1 Å². The molecule has 0 aliphatic carbocycles. The summed E-state index contributed by atoms with van der Waals surface area (Å²) in [4.78, 5) is 26.2. The number of ether oxygens (including phenoxy) is 3. The first kappa shape index (κ1) is 19.9. The van der Waals surface area contributed by atoms with Gasteiger partial charge in [-0.15, -0.1) is 0 Å². The van der Waals surface area contributed by atoms with Crippen LogP contribution in [0.25, 0.3) is 0 Å². The van der Waals surface area contributed by atoms with E-state index in [0.717, 1.165) is 0 Å². The summed E-state index contributed by atoms with van der Waals surface area (Å²) in [5, 5.41) is 0. The smallest absolute Gasteiger partial charge is 0.355 e. The molecular formula is C22H18FNO5. The van der Waals surface area contributed by atoms with Crippen LogP contribution in [0.2, 0.25) is 0 Å². The predicted molar refractivity (Wildman–Crippen MR) is 105 cm³/mol. The quantitative estimate of drug-likeness (QED) is 0.710. The van der Waals surface area contributed by atoms with Gasteiger partial charge in [0.15, 0.2) is 0 Å². The van der Waals surface area contributed by atoms with Crippen molar-refractivity contribution in [3.05, 3.63) is 90.0 Å². The first-order valence-corrected chi connectivity index (χ1v) is 8.62. The largest absolute Gasteiger partial charge is 0.465 e. The standard InChI is InChI=1S/C22H18FNO5/c1-27-21(25)19-8-3-4-13-24(20(19)22(26)28-2)16-6-5-7-18(14-16)29-17-11-9-15(23)10-12-17/h3-14H,1-2H3. The maximum Gasteiger partial charge on any atom is 0.355 e. The molecule has 1 aliphatic rings. The Morgan fingerprint density at radius 2 is 1.62 bits per heavy atom. The number of allylic oxidation sites excluding steroid dienone is 2. The van der Waals surface area contributed by atoms with Crippen molar-refractivity contribution < 1.29 is 28.2 Å². The molecule has 2 aromatic carbocycles. The van der Waals surface area contributed by atoms with Gasteiger partial charge in [0.25, 0.3) is 0 Å². The fourth-order valence-electron chi connectivity index (χ4n) is 2.70. The maximum absolute atomic E-state index is 13.1. The molecule has 0 unspecified atom stereocenters. The van der Waals surface area contributed by atoms with E-state index in [2.05, 4.69) is 0 Å². The monoisotopic (exact) mass is 395 g/mol. The van der Waals surface area contributed by atoms with Crippen molar-refractivity contribution in [3.63, 3.8) is 0 Å². The number of esters is 2. The predicted octanol–water partition coefficient (Wildman–Crippen LogP) is 4.11. The summed E-state index contributed by atoms with van der Waals surface area (Å²) in [5.74, 6) is -0.823. The Hall–Kier alpha value is -3.87. The van der Waals surface area contributed by atoms with Gasteiger partial charge in [0, 0.05) is 18.0 Å². The van der Waals surface area contributed by atoms with Crippen molar-refractivity contribution in [1.29, 1.82) is 0 Å². The molecule has 7 heteroatoms. The zero-order chi connectivity index (χ0) is 20.8. The maximum atomic E-state index is 13.1. The Bertz CT molecular complexity index is 1010. The number of methoxy groups -OCH3 is 2. The third-order valence-corrected chi connectivity index (χ3v) is 4.03. The second kappa shape index (κ2) is 8.88. The van der Waals surface area contributed by atoms with Crippen molar-refractivity contribution in [2.45, 2.75) is 0 Å². The molecule has 0 saturated heterocycles. The van der Waals surface area contributed by atoms with Crippen LogP contribution in [0.3, 0.4) is 0 Å². The SMILES string of the molecule is COC(=O)C1=C(C(=O)OC)N(c2cccc(Oc3ccc(F)cc3)c2)C=CC=C1. The van der Waals surface area contributed by atoms with Crippen LogP contribution in [0, 0.1) is 5.82 Å². The number of hydrogen-bond acceptors (Lipinski definition) is 6. The minimum absolute atomic E-state index is 0.00304. The molecule has 3 rings (SSSR count). The van der Waals surface area contributed by atoms with Crippen LogP contribution in [0.5, 0.6) is 11.5 Å². The number of carbonyl (C=O) groups excluding carboxylic acids is 2. The second-order valence-electron chi connectivity index (χ2n) is 5.87. The average molecular weight is 395 g/mol. The highest BCUT2D eigenvalue weighted by molar-refractivity contribution is 6.05. The van der Waals surface area contributed by atoms with E-state index in [1.165, 1.54) is 49.5 Å². The van der Waals surface area contributed by atoms with Gasteiger partial charge in [-0.1, -0.05) is 12.1 Å². The minimum atomic E-state index is -0.702. The van der Waals surface area contributed by atoms with Gasteiger partial charge in [-0.3, -0.25) is 0 Å². The van der Waals surface area contributed by atoms with Gasteiger partial charge in [-0.05, 0) is 48.6 Å². The van der Waals surface area contributed by atoms with Gasteiger partial charge in [-0.2, -0.15) is 0 Å². The molecule has 0 bridgehead atoms. The molecule has 6 nitrogen and oxygen atoms in total. The number of anilines is 1. The van der Waals surface area contributed by atoms with Crippen LogP contribution in [-0.2, 0) is 19.1 Å². The third kappa shape index (κ3) is 4.52. The molecule has 0 saturated carbocycles. The molecule has 1 heterocycles. The van der Waals surface area contributed by atoms with Gasteiger partial charge in [-0.25, -0.2) is 14.0 Å². The van der Waals surface area contributed by atoms with Gasteiger partial charge in [0.1, 0.15) is 23.0 Å². The van der Waals surface area contributed by atoms with Crippen LogP contribution in [-0.4, -0.2) is 26.2 Å².